The summed E-state index contributed by atoms with van der Waals surface area (Å²) in [5, 5.41) is 0. The molecule has 1 aliphatic heterocycles. The van der Waals surface area contributed by atoms with E-state index in [4.69, 9.17) is 4.74 Å². The first-order valence-corrected chi connectivity index (χ1v) is 5.12. The third kappa shape index (κ3) is 1.44. The molecule has 0 aliphatic carbocycles. The first-order chi connectivity index (χ1) is 5.57. The van der Waals surface area contributed by atoms with Crippen LogP contribution in [-0.4, -0.2) is 3.61 Å². The maximum absolute atomic E-state index is 5.74. The average molecular weight is 274 g/mol. The van der Waals surface area contributed by atoms with Crippen molar-refractivity contribution in [1.82, 2.24) is 0 Å². The van der Waals surface area contributed by atoms with Crippen molar-refractivity contribution in [3.63, 3.8) is 0 Å². The molecular formula is C10H11IO. The number of halogens is 1. The number of ether oxygens (including phenoxy) is 1. The summed E-state index contributed by atoms with van der Waals surface area (Å²) in [4.78, 5) is 0. The van der Waals surface area contributed by atoms with Gasteiger partial charge in [0.1, 0.15) is 5.75 Å². The molecule has 1 aliphatic rings. The Labute approximate surface area is 86.3 Å². The summed E-state index contributed by atoms with van der Waals surface area (Å²) < 4.78 is 5.70. The minimum absolute atomic E-state index is 0.0338. The molecule has 2 rings (SSSR count). The molecule has 12 heavy (non-hydrogen) atoms. The topological polar surface area (TPSA) is 9.23 Å². The molecule has 1 heterocycles. The van der Waals surface area contributed by atoms with E-state index < -0.39 is 0 Å². The monoisotopic (exact) mass is 274 g/mol. The van der Waals surface area contributed by atoms with Crippen molar-refractivity contribution in [2.45, 2.75) is 23.9 Å². The number of fused-ring (bicyclic) bond motifs is 1. The van der Waals surface area contributed by atoms with E-state index in [2.05, 4.69) is 54.6 Å². The molecule has 1 aromatic carbocycles. The fourth-order valence-electron chi connectivity index (χ4n) is 1.55. The van der Waals surface area contributed by atoms with E-state index in [1.807, 2.05) is 0 Å². The SMILES string of the molecule is Cc1ccc2c(c1)CC(C)(I)O2. The van der Waals surface area contributed by atoms with Gasteiger partial charge in [0.25, 0.3) is 0 Å². The van der Waals surface area contributed by atoms with Gasteiger partial charge in [-0.3, -0.25) is 0 Å². The van der Waals surface area contributed by atoms with Crippen molar-refractivity contribution in [3.8, 4) is 5.75 Å². The van der Waals surface area contributed by atoms with Gasteiger partial charge in [0.2, 0.25) is 0 Å². The highest BCUT2D eigenvalue weighted by atomic mass is 127. The van der Waals surface area contributed by atoms with E-state index in [0.29, 0.717) is 0 Å². The van der Waals surface area contributed by atoms with Gasteiger partial charge in [-0.05, 0) is 48.1 Å². The number of aryl methyl sites for hydroxylation is 1. The number of rotatable bonds is 0. The number of hydrogen-bond acceptors (Lipinski definition) is 1. The standard InChI is InChI=1S/C10H11IO/c1-7-3-4-9-8(5-7)6-10(2,11)12-9/h3-5H,6H2,1-2H3. The molecular weight excluding hydrogens is 263 g/mol. The quantitative estimate of drug-likeness (QED) is 0.522. The van der Waals surface area contributed by atoms with Crippen molar-refractivity contribution >= 4 is 22.6 Å². The van der Waals surface area contributed by atoms with Gasteiger partial charge in [0, 0.05) is 6.42 Å². The Kier molecular flexibility index (Phi) is 1.82. The van der Waals surface area contributed by atoms with Crippen LogP contribution < -0.4 is 4.74 Å². The Balaban J connectivity index is 2.43. The molecule has 0 aromatic heterocycles. The van der Waals surface area contributed by atoms with Gasteiger partial charge in [-0.2, -0.15) is 0 Å². The number of alkyl halides is 1. The van der Waals surface area contributed by atoms with E-state index >= 15 is 0 Å². The zero-order valence-electron chi connectivity index (χ0n) is 7.23. The molecule has 1 atom stereocenters. The lowest BCUT2D eigenvalue weighted by Crippen LogP contribution is -2.19. The highest BCUT2D eigenvalue weighted by molar-refractivity contribution is 14.1. The number of hydrogen-bond donors (Lipinski definition) is 0. The van der Waals surface area contributed by atoms with Crippen LogP contribution >= 0.6 is 22.6 Å². The predicted molar refractivity (Wildman–Crippen MR) is 57.9 cm³/mol. The largest absolute Gasteiger partial charge is 0.477 e. The van der Waals surface area contributed by atoms with Crippen LogP contribution in [0.25, 0.3) is 0 Å². The lowest BCUT2D eigenvalue weighted by atomic mass is 10.1. The second kappa shape index (κ2) is 2.62. The Bertz CT molecular complexity index is 318. The van der Waals surface area contributed by atoms with Crippen LogP contribution in [0.2, 0.25) is 0 Å². The molecule has 0 amide bonds. The fourth-order valence-corrected chi connectivity index (χ4v) is 2.20. The first kappa shape index (κ1) is 8.35. The predicted octanol–water partition coefficient (Wildman–Crippen LogP) is 3.08. The zero-order chi connectivity index (χ0) is 8.77. The summed E-state index contributed by atoms with van der Waals surface area (Å²) in [7, 11) is 0. The Morgan fingerprint density at radius 2 is 2.25 bits per heavy atom. The van der Waals surface area contributed by atoms with Gasteiger partial charge < -0.3 is 4.74 Å². The Hall–Kier alpha value is -0.250. The van der Waals surface area contributed by atoms with E-state index in [0.717, 1.165) is 12.2 Å². The van der Waals surface area contributed by atoms with Gasteiger partial charge in [-0.15, -0.1) is 0 Å². The van der Waals surface area contributed by atoms with Crippen LogP contribution in [0.15, 0.2) is 18.2 Å². The molecule has 0 N–H and O–H groups in total. The van der Waals surface area contributed by atoms with E-state index in [1.165, 1.54) is 11.1 Å². The smallest absolute Gasteiger partial charge is 0.160 e. The lowest BCUT2D eigenvalue weighted by molar-refractivity contribution is 0.236. The molecule has 64 valence electrons. The van der Waals surface area contributed by atoms with Crippen LogP contribution in [0.3, 0.4) is 0 Å². The minimum atomic E-state index is -0.0338. The maximum Gasteiger partial charge on any atom is 0.160 e. The molecule has 0 radical (unpaired) electrons. The summed E-state index contributed by atoms with van der Waals surface area (Å²) in [6.45, 7) is 4.23. The Morgan fingerprint density at radius 1 is 1.50 bits per heavy atom. The fraction of sp³-hybridized carbons (Fsp3) is 0.400. The van der Waals surface area contributed by atoms with Crippen molar-refractivity contribution in [1.29, 1.82) is 0 Å². The normalized spacial score (nSPS) is 26.6. The molecule has 2 heteroatoms. The van der Waals surface area contributed by atoms with Crippen LogP contribution in [0.1, 0.15) is 18.1 Å². The second-order valence-electron chi connectivity index (χ2n) is 3.49. The van der Waals surface area contributed by atoms with Crippen LogP contribution in [0.4, 0.5) is 0 Å². The third-order valence-corrected chi connectivity index (χ3v) is 2.65. The second-order valence-corrected chi connectivity index (χ2v) is 5.77. The van der Waals surface area contributed by atoms with E-state index in [9.17, 15) is 0 Å². The molecule has 1 unspecified atom stereocenters. The van der Waals surface area contributed by atoms with Crippen molar-refractivity contribution in [2.24, 2.45) is 0 Å². The Morgan fingerprint density at radius 3 is 3.00 bits per heavy atom. The maximum atomic E-state index is 5.74. The highest BCUT2D eigenvalue weighted by Gasteiger charge is 2.31. The van der Waals surface area contributed by atoms with Crippen molar-refractivity contribution in [2.75, 3.05) is 0 Å². The van der Waals surface area contributed by atoms with Crippen LogP contribution in [0, 0.1) is 6.92 Å². The summed E-state index contributed by atoms with van der Waals surface area (Å²) in [6, 6.07) is 6.37. The van der Waals surface area contributed by atoms with Crippen LogP contribution in [0.5, 0.6) is 5.75 Å². The van der Waals surface area contributed by atoms with Crippen LogP contribution in [-0.2, 0) is 6.42 Å². The summed E-state index contributed by atoms with van der Waals surface area (Å²) in [6.07, 6.45) is 1.02. The van der Waals surface area contributed by atoms with Crippen molar-refractivity contribution in [3.05, 3.63) is 29.3 Å². The van der Waals surface area contributed by atoms with Gasteiger partial charge in [-0.25, -0.2) is 0 Å². The molecule has 0 bridgehead atoms. The van der Waals surface area contributed by atoms with Gasteiger partial charge in [-0.1, -0.05) is 17.7 Å². The van der Waals surface area contributed by atoms with Gasteiger partial charge in [0.05, 0.1) is 0 Å². The summed E-state index contributed by atoms with van der Waals surface area (Å²) >= 11 is 2.35. The third-order valence-electron chi connectivity index (χ3n) is 2.04. The first-order valence-electron chi connectivity index (χ1n) is 4.04. The number of benzene rings is 1. The summed E-state index contributed by atoms with van der Waals surface area (Å²) in [5.41, 5.74) is 2.65. The molecule has 1 nitrogen and oxygen atoms in total. The molecule has 0 saturated carbocycles. The zero-order valence-corrected chi connectivity index (χ0v) is 9.38. The van der Waals surface area contributed by atoms with E-state index in [-0.39, 0.29) is 3.61 Å². The molecule has 0 fully saturated rings. The summed E-state index contributed by atoms with van der Waals surface area (Å²) in [5.74, 6) is 1.05. The lowest BCUT2D eigenvalue weighted by Gasteiger charge is -2.14. The molecule has 0 spiro atoms. The highest BCUT2D eigenvalue weighted by Crippen LogP contribution is 2.38. The van der Waals surface area contributed by atoms with Crippen molar-refractivity contribution < 1.29 is 4.74 Å². The van der Waals surface area contributed by atoms with E-state index in [1.54, 1.807) is 0 Å². The molecule has 1 aromatic rings. The average Bonchev–Trinajstić information content (AvgIpc) is 2.21. The minimum Gasteiger partial charge on any atom is -0.477 e. The van der Waals surface area contributed by atoms with Gasteiger partial charge >= 0.3 is 0 Å². The molecule has 0 saturated heterocycles. The van der Waals surface area contributed by atoms with Gasteiger partial charge in [0.15, 0.2) is 3.61 Å².